The first-order valence-corrected chi connectivity index (χ1v) is 10.4. The fourth-order valence-corrected chi connectivity index (χ4v) is 3.15. The quantitative estimate of drug-likeness (QED) is 0.406. The third kappa shape index (κ3) is 6.44. The number of carbonyl (C=O) groups excluding carboxylic acids is 1. The maximum atomic E-state index is 11.5. The number of ether oxygens (including phenoxy) is 4. The van der Waals surface area contributed by atoms with Crippen LogP contribution in [0.3, 0.4) is 0 Å². The van der Waals surface area contributed by atoms with Crippen LogP contribution in [0.5, 0.6) is 23.0 Å². The van der Waals surface area contributed by atoms with Gasteiger partial charge in [0.25, 0.3) is 0 Å². The van der Waals surface area contributed by atoms with Crippen molar-refractivity contribution < 1.29 is 28.8 Å². The van der Waals surface area contributed by atoms with Crippen LogP contribution in [0, 0.1) is 11.8 Å². The lowest BCUT2D eigenvalue weighted by Gasteiger charge is -2.11. The van der Waals surface area contributed by atoms with E-state index < -0.39 is 0 Å². The average molecular weight is 446 g/mol. The van der Waals surface area contributed by atoms with Gasteiger partial charge in [-0.05, 0) is 47.9 Å². The van der Waals surface area contributed by atoms with Crippen molar-refractivity contribution in [1.29, 1.82) is 0 Å². The minimum Gasteiger partial charge on any atom is -0.503 e. The molecule has 0 fully saturated rings. The Bertz CT molecular complexity index is 1160. The molecule has 1 N–H and O–H groups in total. The summed E-state index contributed by atoms with van der Waals surface area (Å²) in [5, 5.41) is 10.5. The number of carbonyl (C=O) groups is 1. The summed E-state index contributed by atoms with van der Waals surface area (Å²) in [5.41, 5.74) is 2.94. The zero-order valence-electron chi connectivity index (χ0n) is 18.9. The molecule has 0 bridgehead atoms. The monoisotopic (exact) mass is 446 g/mol. The summed E-state index contributed by atoms with van der Waals surface area (Å²) in [4.78, 5) is 11.5. The van der Waals surface area contributed by atoms with Crippen LogP contribution in [0.25, 0.3) is 0 Å². The van der Waals surface area contributed by atoms with Crippen molar-refractivity contribution in [1.82, 2.24) is 0 Å². The summed E-state index contributed by atoms with van der Waals surface area (Å²) in [5.74, 6) is 7.15. The van der Waals surface area contributed by atoms with E-state index in [1.165, 1.54) is 14.2 Å². The largest absolute Gasteiger partial charge is 0.503 e. The van der Waals surface area contributed by atoms with Crippen LogP contribution in [0.2, 0.25) is 0 Å². The smallest absolute Gasteiger partial charge is 0.305 e. The van der Waals surface area contributed by atoms with Crippen LogP contribution < -0.4 is 14.2 Å². The van der Waals surface area contributed by atoms with E-state index >= 15 is 0 Å². The number of methoxy groups -OCH3 is 3. The predicted octanol–water partition coefficient (Wildman–Crippen LogP) is 4.49. The molecule has 6 heteroatoms. The number of rotatable bonds is 8. The van der Waals surface area contributed by atoms with Crippen LogP contribution in [-0.4, -0.2) is 32.4 Å². The lowest BCUT2D eigenvalue weighted by molar-refractivity contribution is -0.140. The summed E-state index contributed by atoms with van der Waals surface area (Å²) in [6.07, 6.45) is 0.663. The van der Waals surface area contributed by atoms with E-state index in [4.69, 9.17) is 18.9 Å². The number of aryl methyl sites for hydroxylation is 1. The Balaban J connectivity index is 1.85. The summed E-state index contributed by atoms with van der Waals surface area (Å²) in [6.45, 7) is 0.397. The van der Waals surface area contributed by atoms with E-state index in [-0.39, 0.29) is 18.1 Å². The molecule has 3 aromatic carbocycles. The lowest BCUT2D eigenvalue weighted by Crippen LogP contribution is -2.02. The zero-order chi connectivity index (χ0) is 23.6. The third-order valence-corrected chi connectivity index (χ3v) is 4.94. The molecule has 3 aromatic rings. The number of phenolic OH excluding ortho intramolecular Hbond substituents is 1. The number of benzene rings is 3. The average Bonchev–Trinajstić information content (AvgIpc) is 2.86. The van der Waals surface area contributed by atoms with Crippen molar-refractivity contribution in [2.45, 2.75) is 19.4 Å². The Morgan fingerprint density at radius 2 is 1.61 bits per heavy atom. The first-order chi connectivity index (χ1) is 16.0. The SMILES string of the molecule is COC(=O)CCc1cc(C#Cc2ccc(OC)c(OCc3ccccc3)c2)c(O)c(OC)c1. The molecule has 170 valence electrons. The van der Waals surface area contributed by atoms with Crippen LogP contribution in [0.15, 0.2) is 60.7 Å². The zero-order valence-corrected chi connectivity index (χ0v) is 18.9. The van der Waals surface area contributed by atoms with Crippen molar-refractivity contribution in [3.63, 3.8) is 0 Å². The van der Waals surface area contributed by atoms with E-state index in [9.17, 15) is 9.90 Å². The highest BCUT2D eigenvalue weighted by Crippen LogP contribution is 2.32. The molecule has 6 nitrogen and oxygen atoms in total. The first kappa shape index (κ1) is 23.6. The Morgan fingerprint density at radius 3 is 2.30 bits per heavy atom. The van der Waals surface area contributed by atoms with Gasteiger partial charge < -0.3 is 24.1 Å². The van der Waals surface area contributed by atoms with Gasteiger partial charge in [-0.2, -0.15) is 0 Å². The number of esters is 1. The van der Waals surface area contributed by atoms with Gasteiger partial charge in [-0.1, -0.05) is 42.2 Å². The highest BCUT2D eigenvalue weighted by molar-refractivity contribution is 5.69. The molecule has 0 aliphatic rings. The summed E-state index contributed by atoms with van der Waals surface area (Å²) < 4.78 is 21.3. The Labute approximate surface area is 193 Å². The van der Waals surface area contributed by atoms with Crippen LogP contribution >= 0.6 is 0 Å². The van der Waals surface area contributed by atoms with Crippen LogP contribution in [0.1, 0.15) is 28.7 Å². The van der Waals surface area contributed by atoms with E-state index in [0.717, 1.165) is 11.1 Å². The first-order valence-electron chi connectivity index (χ1n) is 10.4. The molecular weight excluding hydrogens is 420 g/mol. The molecule has 0 radical (unpaired) electrons. The third-order valence-electron chi connectivity index (χ3n) is 4.94. The predicted molar refractivity (Wildman–Crippen MR) is 125 cm³/mol. The second-order valence-corrected chi connectivity index (χ2v) is 7.16. The molecule has 0 unspecified atom stereocenters. The number of hydrogen-bond acceptors (Lipinski definition) is 6. The molecule has 0 amide bonds. The van der Waals surface area contributed by atoms with Crippen molar-refractivity contribution in [2.24, 2.45) is 0 Å². The van der Waals surface area contributed by atoms with Gasteiger partial charge >= 0.3 is 5.97 Å². The van der Waals surface area contributed by atoms with Gasteiger partial charge in [0.2, 0.25) is 0 Å². The standard InChI is InChI=1S/C27H26O6/c1-30-23-13-10-19(16-24(23)33-18-20-7-5-4-6-8-20)9-12-22-15-21(11-14-26(28)32-3)17-25(31-2)27(22)29/h4-8,10,13,15-17,29H,11,14,18H2,1-3H3. The van der Waals surface area contributed by atoms with Crippen LogP contribution in [0.4, 0.5) is 0 Å². The van der Waals surface area contributed by atoms with Gasteiger partial charge in [-0.15, -0.1) is 0 Å². The molecule has 33 heavy (non-hydrogen) atoms. The van der Waals surface area contributed by atoms with E-state index in [1.54, 1.807) is 31.4 Å². The molecule has 3 rings (SSSR count). The van der Waals surface area contributed by atoms with Crippen molar-refractivity contribution in [2.75, 3.05) is 21.3 Å². The molecule has 0 heterocycles. The Hall–Kier alpha value is -4.11. The van der Waals surface area contributed by atoms with Crippen molar-refractivity contribution >= 4 is 5.97 Å². The van der Waals surface area contributed by atoms with Gasteiger partial charge in [0, 0.05) is 12.0 Å². The van der Waals surface area contributed by atoms with E-state index in [1.807, 2.05) is 36.4 Å². The van der Waals surface area contributed by atoms with Gasteiger partial charge in [0.15, 0.2) is 23.0 Å². The molecular formula is C27H26O6. The summed E-state index contributed by atoms with van der Waals surface area (Å²) in [6, 6.07) is 18.7. The van der Waals surface area contributed by atoms with Gasteiger partial charge in [0.05, 0.1) is 26.9 Å². The maximum absolute atomic E-state index is 11.5. The molecule has 0 spiro atoms. The maximum Gasteiger partial charge on any atom is 0.305 e. The van der Waals surface area contributed by atoms with Crippen molar-refractivity contribution in [3.05, 3.63) is 82.9 Å². The summed E-state index contributed by atoms with van der Waals surface area (Å²) in [7, 11) is 4.40. The van der Waals surface area contributed by atoms with Gasteiger partial charge in [-0.3, -0.25) is 4.79 Å². The molecule has 0 saturated heterocycles. The fourth-order valence-electron chi connectivity index (χ4n) is 3.15. The fraction of sp³-hybridized carbons (Fsp3) is 0.222. The Kier molecular flexibility index (Phi) is 8.20. The number of hydrogen-bond donors (Lipinski definition) is 1. The highest BCUT2D eigenvalue weighted by atomic mass is 16.5. The lowest BCUT2D eigenvalue weighted by atomic mass is 10.0. The molecule has 0 atom stereocenters. The topological polar surface area (TPSA) is 74.2 Å². The molecule has 0 aliphatic carbocycles. The Morgan fingerprint density at radius 1 is 0.848 bits per heavy atom. The van der Waals surface area contributed by atoms with Gasteiger partial charge in [-0.25, -0.2) is 0 Å². The normalized spacial score (nSPS) is 10.0. The minimum absolute atomic E-state index is 0.0547. The molecule has 0 aromatic heterocycles. The number of phenols is 1. The second kappa shape index (κ2) is 11.5. The van der Waals surface area contributed by atoms with Crippen LogP contribution in [-0.2, 0) is 22.6 Å². The molecule has 0 aliphatic heterocycles. The number of aromatic hydroxyl groups is 1. The minimum atomic E-state index is -0.309. The van der Waals surface area contributed by atoms with Crippen molar-refractivity contribution in [3.8, 4) is 34.8 Å². The second-order valence-electron chi connectivity index (χ2n) is 7.16. The molecule has 0 saturated carbocycles. The summed E-state index contributed by atoms with van der Waals surface area (Å²) >= 11 is 0. The highest BCUT2D eigenvalue weighted by Gasteiger charge is 2.11. The van der Waals surface area contributed by atoms with E-state index in [0.29, 0.717) is 41.4 Å². The van der Waals surface area contributed by atoms with E-state index in [2.05, 4.69) is 11.8 Å². The van der Waals surface area contributed by atoms with Gasteiger partial charge in [0.1, 0.15) is 6.61 Å².